The van der Waals surface area contributed by atoms with E-state index in [9.17, 15) is 0 Å². The second-order valence-electron chi connectivity index (χ2n) is 3.32. The zero-order chi connectivity index (χ0) is 9.14. The zero-order valence-corrected chi connectivity index (χ0v) is 9.23. The van der Waals surface area contributed by atoms with Crippen molar-refractivity contribution in [3.63, 3.8) is 0 Å². The van der Waals surface area contributed by atoms with Crippen LogP contribution in [0, 0.1) is 5.92 Å². The van der Waals surface area contributed by atoms with Gasteiger partial charge in [-0.25, -0.2) is 0 Å². The summed E-state index contributed by atoms with van der Waals surface area (Å²) in [4.78, 5) is 0. The molecule has 2 unspecified atom stereocenters. The molecule has 0 aliphatic carbocycles. The Morgan fingerprint density at radius 3 is 2.92 bits per heavy atom. The van der Waals surface area contributed by atoms with E-state index >= 15 is 0 Å². The van der Waals surface area contributed by atoms with Gasteiger partial charge in [0.2, 0.25) is 0 Å². The smallest absolute Gasteiger partial charge is 0.108 e. The molecular weight excluding hydrogens is 216 g/mol. The van der Waals surface area contributed by atoms with Crippen LogP contribution in [0.5, 0.6) is 0 Å². The highest BCUT2D eigenvalue weighted by molar-refractivity contribution is 9.11. The van der Waals surface area contributed by atoms with Gasteiger partial charge < -0.3 is 4.74 Å². The quantitative estimate of drug-likeness (QED) is 0.720. The Labute approximate surface area is 82.6 Å². The molecule has 0 aromatic heterocycles. The maximum atomic E-state index is 5.40. The summed E-state index contributed by atoms with van der Waals surface area (Å²) in [7, 11) is 0. The molecular formula is C10H15BrO. The Hall–Kier alpha value is -0.240. The standard InChI is InChI=1S/C10H15BrO/c1-4-9(11)5-7(2)10-6-8(3)12-10/h4,7,10H,3,5-6H2,1-2H3/b9-4-. The van der Waals surface area contributed by atoms with E-state index in [-0.39, 0.29) is 0 Å². The Bertz CT molecular complexity index is 200. The molecule has 0 aromatic rings. The maximum Gasteiger partial charge on any atom is 0.108 e. The number of hydrogen-bond donors (Lipinski definition) is 0. The van der Waals surface area contributed by atoms with Gasteiger partial charge in [0, 0.05) is 6.42 Å². The molecule has 0 amide bonds. The van der Waals surface area contributed by atoms with Crippen molar-refractivity contribution in [3.05, 3.63) is 22.9 Å². The molecule has 2 atom stereocenters. The van der Waals surface area contributed by atoms with E-state index in [1.165, 1.54) is 4.48 Å². The first-order chi connectivity index (χ1) is 5.63. The third kappa shape index (κ3) is 2.37. The van der Waals surface area contributed by atoms with Crippen LogP contribution < -0.4 is 0 Å². The lowest BCUT2D eigenvalue weighted by Crippen LogP contribution is -2.30. The number of ether oxygens (including phenoxy) is 1. The van der Waals surface area contributed by atoms with E-state index in [1.54, 1.807) is 0 Å². The van der Waals surface area contributed by atoms with Gasteiger partial charge >= 0.3 is 0 Å². The summed E-state index contributed by atoms with van der Waals surface area (Å²) in [6, 6.07) is 0. The van der Waals surface area contributed by atoms with Gasteiger partial charge in [-0.2, -0.15) is 0 Å². The van der Waals surface area contributed by atoms with Crippen LogP contribution in [0.25, 0.3) is 0 Å². The molecule has 1 saturated heterocycles. The third-order valence-electron chi connectivity index (χ3n) is 2.21. The zero-order valence-electron chi connectivity index (χ0n) is 7.64. The Morgan fingerprint density at radius 2 is 2.50 bits per heavy atom. The van der Waals surface area contributed by atoms with Crippen LogP contribution in [-0.2, 0) is 4.74 Å². The molecule has 2 heteroatoms. The molecule has 0 spiro atoms. The van der Waals surface area contributed by atoms with Crippen LogP contribution in [0.3, 0.4) is 0 Å². The molecule has 1 nitrogen and oxygen atoms in total. The summed E-state index contributed by atoms with van der Waals surface area (Å²) in [6.45, 7) is 7.99. The van der Waals surface area contributed by atoms with Crippen molar-refractivity contribution in [1.82, 2.24) is 0 Å². The topological polar surface area (TPSA) is 9.23 Å². The van der Waals surface area contributed by atoms with Gasteiger partial charge in [-0.05, 0) is 23.7 Å². The second kappa shape index (κ2) is 4.13. The summed E-state index contributed by atoms with van der Waals surface area (Å²) in [5.74, 6) is 1.52. The molecule has 1 rings (SSSR count). The predicted octanol–water partition coefficient (Wildman–Crippen LogP) is 3.61. The van der Waals surface area contributed by atoms with Crippen molar-refractivity contribution < 1.29 is 4.74 Å². The van der Waals surface area contributed by atoms with Gasteiger partial charge in [0.25, 0.3) is 0 Å². The highest BCUT2D eigenvalue weighted by Gasteiger charge is 2.28. The average Bonchev–Trinajstić information content (AvgIpc) is 1.98. The summed E-state index contributed by atoms with van der Waals surface area (Å²) in [6.07, 6.45) is 4.58. The van der Waals surface area contributed by atoms with Crippen LogP contribution in [0.4, 0.5) is 0 Å². The molecule has 1 fully saturated rings. The monoisotopic (exact) mass is 230 g/mol. The first kappa shape index (κ1) is 9.85. The van der Waals surface area contributed by atoms with Crippen LogP contribution in [0.2, 0.25) is 0 Å². The molecule has 1 aliphatic rings. The lowest BCUT2D eigenvalue weighted by Gasteiger charge is -2.34. The van der Waals surface area contributed by atoms with Crippen LogP contribution in [-0.4, -0.2) is 6.10 Å². The summed E-state index contributed by atoms with van der Waals surface area (Å²) < 4.78 is 6.66. The number of rotatable bonds is 3. The van der Waals surface area contributed by atoms with Crippen molar-refractivity contribution in [2.24, 2.45) is 5.92 Å². The number of hydrogen-bond acceptors (Lipinski definition) is 1. The second-order valence-corrected chi connectivity index (χ2v) is 4.33. The molecule has 1 heterocycles. The lowest BCUT2D eigenvalue weighted by atomic mass is 9.94. The molecule has 0 radical (unpaired) electrons. The Balaban J connectivity index is 2.29. The van der Waals surface area contributed by atoms with Gasteiger partial charge in [-0.15, -0.1) is 0 Å². The van der Waals surface area contributed by atoms with Gasteiger partial charge in [0.1, 0.15) is 6.10 Å². The minimum atomic E-state index is 0.394. The van der Waals surface area contributed by atoms with Crippen molar-refractivity contribution in [3.8, 4) is 0 Å². The molecule has 0 bridgehead atoms. The van der Waals surface area contributed by atoms with Gasteiger partial charge in [-0.3, -0.25) is 0 Å². The normalized spacial score (nSPS) is 26.1. The minimum Gasteiger partial charge on any atom is -0.494 e. The summed E-state index contributed by atoms with van der Waals surface area (Å²) in [5, 5.41) is 0. The predicted molar refractivity (Wildman–Crippen MR) is 55.1 cm³/mol. The van der Waals surface area contributed by atoms with Crippen molar-refractivity contribution in [2.75, 3.05) is 0 Å². The van der Waals surface area contributed by atoms with Crippen molar-refractivity contribution in [1.29, 1.82) is 0 Å². The number of allylic oxidation sites excluding steroid dienone is 2. The van der Waals surface area contributed by atoms with E-state index in [4.69, 9.17) is 4.74 Å². The summed E-state index contributed by atoms with van der Waals surface area (Å²) >= 11 is 3.50. The van der Waals surface area contributed by atoms with Gasteiger partial charge in [0.15, 0.2) is 0 Å². The Kier molecular flexibility index (Phi) is 3.39. The third-order valence-corrected chi connectivity index (χ3v) is 2.99. The van der Waals surface area contributed by atoms with E-state index in [0.29, 0.717) is 12.0 Å². The van der Waals surface area contributed by atoms with E-state index < -0.39 is 0 Å². The van der Waals surface area contributed by atoms with Gasteiger partial charge in [-0.1, -0.05) is 35.5 Å². The molecule has 12 heavy (non-hydrogen) atoms. The minimum absolute atomic E-state index is 0.394. The largest absolute Gasteiger partial charge is 0.494 e. The van der Waals surface area contributed by atoms with Crippen molar-refractivity contribution >= 4 is 15.9 Å². The van der Waals surface area contributed by atoms with E-state index in [2.05, 4.69) is 35.5 Å². The first-order valence-corrected chi connectivity index (χ1v) is 5.08. The fourth-order valence-corrected chi connectivity index (χ4v) is 1.81. The first-order valence-electron chi connectivity index (χ1n) is 4.28. The maximum absolute atomic E-state index is 5.40. The van der Waals surface area contributed by atoms with Crippen LogP contribution in [0.1, 0.15) is 26.7 Å². The SMILES string of the molecule is C=C1CC(C(C)C/C(Br)=C/C)O1. The fourth-order valence-electron chi connectivity index (χ4n) is 1.30. The van der Waals surface area contributed by atoms with Gasteiger partial charge in [0.05, 0.1) is 5.76 Å². The lowest BCUT2D eigenvalue weighted by molar-refractivity contribution is -0.0152. The number of halogens is 1. The molecule has 1 aliphatic heterocycles. The van der Waals surface area contributed by atoms with Crippen LogP contribution >= 0.6 is 15.9 Å². The highest BCUT2D eigenvalue weighted by atomic mass is 79.9. The molecule has 68 valence electrons. The Morgan fingerprint density at radius 1 is 1.92 bits per heavy atom. The molecule has 0 N–H and O–H groups in total. The van der Waals surface area contributed by atoms with E-state index in [1.807, 2.05) is 6.92 Å². The van der Waals surface area contributed by atoms with Crippen molar-refractivity contribution in [2.45, 2.75) is 32.8 Å². The average molecular weight is 231 g/mol. The molecule has 0 saturated carbocycles. The fraction of sp³-hybridized carbons (Fsp3) is 0.600. The molecule has 0 aromatic carbocycles. The highest BCUT2D eigenvalue weighted by Crippen LogP contribution is 2.32. The van der Waals surface area contributed by atoms with E-state index in [0.717, 1.165) is 18.6 Å². The summed E-state index contributed by atoms with van der Waals surface area (Å²) in [5.41, 5.74) is 0. The van der Waals surface area contributed by atoms with Crippen LogP contribution in [0.15, 0.2) is 22.9 Å².